The molecule has 0 aliphatic carbocycles. The van der Waals surface area contributed by atoms with E-state index >= 15 is 0 Å². The van der Waals surface area contributed by atoms with Crippen molar-refractivity contribution in [3.63, 3.8) is 0 Å². The molecule has 11 heteroatoms. The maximum atomic E-state index is 12.0. The van der Waals surface area contributed by atoms with Gasteiger partial charge in [0.2, 0.25) is 0 Å². The molecule has 0 aromatic carbocycles. The maximum Gasteiger partial charge on any atom is 2.00 e. The Morgan fingerprint density at radius 3 is 0.957 bits per heavy atom. The van der Waals surface area contributed by atoms with Gasteiger partial charge in [0.1, 0.15) is 13.3 Å². The van der Waals surface area contributed by atoms with Crippen LogP contribution >= 0.6 is 0 Å². The van der Waals surface area contributed by atoms with E-state index in [4.69, 9.17) is 20.4 Å². The smallest absolute Gasteiger partial charge is 0.547 e. The van der Waals surface area contributed by atoms with Crippen molar-refractivity contribution in [3.8, 4) is 0 Å². The third-order valence-electron chi connectivity index (χ3n) is 3.09. The van der Waals surface area contributed by atoms with Crippen LogP contribution in [0.1, 0.15) is 27.7 Å². The van der Waals surface area contributed by atoms with Gasteiger partial charge in [0.25, 0.3) is 0 Å². The summed E-state index contributed by atoms with van der Waals surface area (Å²) in [5, 5.41) is 56.2. The van der Waals surface area contributed by atoms with Crippen LogP contribution in [0.15, 0.2) is 0 Å². The van der Waals surface area contributed by atoms with Gasteiger partial charge in [0.15, 0.2) is 11.2 Å². The quantitative estimate of drug-likeness (QED) is 0.337. The topological polar surface area (TPSA) is 161 Å². The van der Waals surface area contributed by atoms with Gasteiger partial charge in [-0.1, -0.05) is 0 Å². The molecular formula is C12H20CuF2O8. The Kier molecular flexibility index (Phi) is 10.4. The summed E-state index contributed by atoms with van der Waals surface area (Å²) in [6.07, 6.45) is 0. The third-order valence-corrected chi connectivity index (χ3v) is 3.09. The van der Waals surface area contributed by atoms with Crippen LogP contribution in [0.2, 0.25) is 0 Å². The van der Waals surface area contributed by atoms with Crippen molar-refractivity contribution < 1.29 is 66.1 Å². The molecular weight excluding hydrogens is 374 g/mol. The Morgan fingerprint density at radius 2 is 0.957 bits per heavy atom. The van der Waals surface area contributed by atoms with Crippen LogP contribution in [0, 0.1) is 0 Å². The number of aliphatic hydroxyl groups is 4. The molecule has 0 rings (SSSR count). The summed E-state index contributed by atoms with van der Waals surface area (Å²) in [5.74, 6) is -4.04. The van der Waals surface area contributed by atoms with Crippen LogP contribution in [-0.4, -0.2) is 68.1 Å². The summed E-state index contributed by atoms with van der Waals surface area (Å²) in [6.45, 7) is 0.785. The summed E-state index contributed by atoms with van der Waals surface area (Å²) in [7, 11) is 0. The first-order valence-corrected chi connectivity index (χ1v) is 5.95. The van der Waals surface area contributed by atoms with Crippen molar-refractivity contribution in [1.82, 2.24) is 0 Å². The Balaban J connectivity index is -0.000000333. The molecule has 1 radical (unpaired) electrons. The number of carboxylic acids is 2. The molecule has 23 heavy (non-hydrogen) atoms. The second kappa shape index (κ2) is 8.86. The molecule has 2 atom stereocenters. The molecule has 0 aromatic heterocycles. The van der Waals surface area contributed by atoms with Gasteiger partial charge in [-0.25, -0.2) is 8.78 Å². The van der Waals surface area contributed by atoms with Gasteiger partial charge in [-0.15, -0.1) is 0 Å². The molecule has 0 heterocycles. The van der Waals surface area contributed by atoms with E-state index in [0.29, 0.717) is 0 Å². The van der Waals surface area contributed by atoms with Crippen molar-refractivity contribution >= 4 is 11.9 Å². The van der Waals surface area contributed by atoms with Crippen LogP contribution in [-0.2, 0) is 26.7 Å². The zero-order chi connectivity index (χ0) is 18.6. The first-order chi connectivity index (χ1) is 9.51. The molecule has 0 aliphatic rings. The predicted molar refractivity (Wildman–Crippen MR) is 64.5 cm³/mol. The molecule has 4 N–H and O–H groups in total. The normalized spacial score (nSPS) is 16.8. The van der Waals surface area contributed by atoms with E-state index in [1.54, 1.807) is 0 Å². The minimum absolute atomic E-state index is 0. The van der Waals surface area contributed by atoms with Crippen molar-refractivity contribution in [2.45, 2.75) is 50.1 Å². The molecule has 0 amide bonds. The molecule has 0 saturated carbocycles. The number of hydrogen-bond donors (Lipinski definition) is 4. The number of carboxylic acid groups (broad SMARTS) is 2. The van der Waals surface area contributed by atoms with E-state index < -0.39 is 47.7 Å². The average Bonchev–Trinajstić information content (AvgIpc) is 2.34. The van der Waals surface area contributed by atoms with Gasteiger partial charge in [-0.05, 0) is 27.7 Å². The fraction of sp³-hybridized carbons (Fsp3) is 0.833. The zero-order valence-corrected chi connectivity index (χ0v) is 13.8. The molecule has 0 saturated heterocycles. The summed E-state index contributed by atoms with van der Waals surface area (Å²) in [5.41, 5.74) is -9.76. The fourth-order valence-electron chi connectivity index (χ4n) is 0.936. The van der Waals surface area contributed by atoms with Crippen LogP contribution in [0.4, 0.5) is 8.78 Å². The van der Waals surface area contributed by atoms with E-state index in [1.165, 1.54) is 0 Å². The van der Waals surface area contributed by atoms with Gasteiger partial charge in [-0.3, -0.25) is 0 Å². The Labute approximate surface area is 142 Å². The van der Waals surface area contributed by atoms with E-state index in [0.717, 1.165) is 27.7 Å². The summed E-state index contributed by atoms with van der Waals surface area (Å²) in [4.78, 5) is 20.3. The van der Waals surface area contributed by atoms with Crippen molar-refractivity contribution in [3.05, 3.63) is 0 Å². The average molecular weight is 394 g/mol. The molecule has 2 unspecified atom stereocenters. The van der Waals surface area contributed by atoms with Gasteiger partial charge in [-0.2, -0.15) is 0 Å². The van der Waals surface area contributed by atoms with Crippen LogP contribution in [0.25, 0.3) is 0 Å². The monoisotopic (exact) mass is 393 g/mol. The molecule has 0 bridgehead atoms. The van der Waals surface area contributed by atoms with E-state index in [1.807, 2.05) is 0 Å². The molecule has 8 nitrogen and oxygen atoms in total. The number of carbonyl (C=O) groups is 2. The van der Waals surface area contributed by atoms with Gasteiger partial charge in [0.05, 0.1) is 23.1 Å². The number of rotatable bonds is 6. The van der Waals surface area contributed by atoms with Crippen molar-refractivity contribution in [1.29, 1.82) is 0 Å². The maximum absolute atomic E-state index is 12.0. The largest absolute Gasteiger partial charge is 2.00 e. The Hall–Kier alpha value is -0.841. The van der Waals surface area contributed by atoms with Crippen LogP contribution in [0.3, 0.4) is 0 Å². The number of alkyl halides is 2. The second-order valence-electron chi connectivity index (χ2n) is 5.68. The first-order valence-electron chi connectivity index (χ1n) is 5.95. The van der Waals surface area contributed by atoms with Crippen molar-refractivity contribution in [2.24, 2.45) is 0 Å². The van der Waals surface area contributed by atoms with Crippen LogP contribution < -0.4 is 10.2 Å². The summed E-state index contributed by atoms with van der Waals surface area (Å²) < 4.78 is 23.9. The van der Waals surface area contributed by atoms with Gasteiger partial charge >= 0.3 is 17.1 Å². The first kappa shape index (κ1) is 27.0. The molecule has 0 aromatic rings. The Morgan fingerprint density at radius 1 is 0.783 bits per heavy atom. The molecule has 0 aliphatic heterocycles. The number of hydrogen-bond acceptors (Lipinski definition) is 8. The second-order valence-corrected chi connectivity index (χ2v) is 5.68. The molecule has 0 fully saturated rings. The zero-order valence-electron chi connectivity index (χ0n) is 12.9. The minimum Gasteiger partial charge on any atom is -0.547 e. The predicted octanol–water partition coefficient (Wildman–Crippen LogP) is -3.59. The van der Waals surface area contributed by atoms with Crippen molar-refractivity contribution in [2.75, 3.05) is 13.3 Å². The molecule has 0 spiro atoms. The van der Waals surface area contributed by atoms with E-state index in [9.17, 15) is 28.6 Å². The summed E-state index contributed by atoms with van der Waals surface area (Å²) in [6, 6.07) is 0. The van der Waals surface area contributed by atoms with Crippen LogP contribution in [0.5, 0.6) is 0 Å². The standard InChI is InChI=1S/2C6H11FO4.Cu/c2*1-5(2,10)6(11,3-7)4(8)9;/h2*10-11H,3H2,1-2H3,(H,8,9);/q;;+2/p-2. The number of halogens is 2. The summed E-state index contributed by atoms with van der Waals surface area (Å²) >= 11 is 0. The van der Waals surface area contributed by atoms with E-state index in [-0.39, 0.29) is 17.1 Å². The minimum atomic E-state index is -2.83. The number of carbonyl (C=O) groups excluding carboxylic acids is 2. The van der Waals surface area contributed by atoms with Gasteiger partial charge < -0.3 is 40.2 Å². The Bertz CT molecular complexity index is 369. The van der Waals surface area contributed by atoms with Gasteiger partial charge in [0, 0.05) is 0 Å². The number of aliphatic carboxylic acids is 2. The molecule has 141 valence electrons. The SMILES string of the molecule is CC(C)(O)C(O)(CF)C(=O)[O-].CC(C)(O)C(O)(CF)C(=O)[O-].[Cu+2]. The fourth-order valence-corrected chi connectivity index (χ4v) is 0.936. The van der Waals surface area contributed by atoms with E-state index in [2.05, 4.69) is 0 Å². The third kappa shape index (κ3) is 6.28.